The van der Waals surface area contributed by atoms with E-state index >= 15 is 0 Å². The molecule has 0 N–H and O–H groups in total. The van der Waals surface area contributed by atoms with E-state index in [0.717, 1.165) is 5.56 Å². The van der Waals surface area contributed by atoms with E-state index in [4.69, 9.17) is 16.3 Å². The van der Waals surface area contributed by atoms with Crippen LogP contribution >= 0.6 is 27.5 Å². The van der Waals surface area contributed by atoms with Gasteiger partial charge in [0.15, 0.2) is 0 Å². The summed E-state index contributed by atoms with van der Waals surface area (Å²) in [6.07, 6.45) is -0.154. The summed E-state index contributed by atoms with van der Waals surface area (Å²) in [4.78, 5) is 0. The predicted molar refractivity (Wildman–Crippen MR) is 79.2 cm³/mol. The molecule has 1 unspecified atom stereocenters. The number of halogens is 3. The van der Waals surface area contributed by atoms with Crippen LogP contribution in [0.2, 0.25) is 5.02 Å². The van der Waals surface area contributed by atoms with Crippen LogP contribution in [0.5, 0.6) is 0 Å². The van der Waals surface area contributed by atoms with Gasteiger partial charge in [-0.25, -0.2) is 4.39 Å². The van der Waals surface area contributed by atoms with Gasteiger partial charge in [-0.05, 0) is 23.8 Å². The third kappa shape index (κ3) is 4.03. The highest BCUT2D eigenvalue weighted by atomic mass is 79.9. The third-order valence-corrected chi connectivity index (χ3v) is 3.58. The standard InChI is InChI=1S/C15H13BrClFO/c16-9-15(11-5-3-6-13(17)8-11)19-10-12-4-1-2-7-14(12)18/h1-8,15H,9-10H2. The summed E-state index contributed by atoms with van der Waals surface area (Å²) >= 11 is 9.36. The summed E-state index contributed by atoms with van der Waals surface area (Å²) in [6.45, 7) is 0.232. The number of benzene rings is 2. The molecule has 0 fully saturated rings. The molecule has 2 aromatic carbocycles. The van der Waals surface area contributed by atoms with Gasteiger partial charge in [0, 0.05) is 15.9 Å². The second-order valence-corrected chi connectivity index (χ2v) is 5.18. The Hall–Kier alpha value is -0.900. The van der Waals surface area contributed by atoms with Crippen LogP contribution in [0, 0.1) is 5.82 Å². The first-order valence-electron chi connectivity index (χ1n) is 5.87. The van der Waals surface area contributed by atoms with Crippen molar-refractivity contribution in [3.63, 3.8) is 0 Å². The maximum atomic E-state index is 13.5. The Morgan fingerprint density at radius 1 is 1.16 bits per heavy atom. The second kappa shape index (κ2) is 7.04. The van der Waals surface area contributed by atoms with Crippen molar-refractivity contribution in [3.05, 3.63) is 70.5 Å². The summed E-state index contributed by atoms with van der Waals surface area (Å²) in [5, 5.41) is 1.29. The topological polar surface area (TPSA) is 9.23 Å². The minimum Gasteiger partial charge on any atom is -0.368 e. The lowest BCUT2D eigenvalue weighted by Crippen LogP contribution is -2.06. The highest BCUT2D eigenvalue weighted by Crippen LogP contribution is 2.24. The van der Waals surface area contributed by atoms with Crippen molar-refractivity contribution in [1.82, 2.24) is 0 Å². The van der Waals surface area contributed by atoms with Gasteiger partial charge in [-0.2, -0.15) is 0 Å². The van der Waals surface area contributed by atoms with Crippen LogP contribution in [0.1, 0.15) is 17.2 Å². The molecule has 100 valence electrons. The summed E-state index contributed by atoms with van der Waals surface area (Å²) in [5.74, 6) is -0.248. The fourth-order valence-electron chi connectivity index (χ4n) is 1.74. The SMILES string of the molecule is Fc1ccccc1COC(CBr)c1cccc(Cl)c1. The van der Waals surface area contributed by atoms with Gasteiger partial charge in [0.1, 0.15) is 5.82 Å². The van der Waals surface area contributed by atoms with Crippen molar-refractivity contribution in [1.29, 1.82) is 0 Å². The van der Waals surface area contributed by atoms with Crippen molar-refractivity contribution >= 4 is 27.5 Å². The molecule has 2 rings (SSSR count). The second-order valence-electron chi connectivity index (χ2n) is 4.10. The van der Waals surface area contributed by atoms with Gasteiger partial charge in [0.25, 0.3) is 0 Å². The van der Waals surface area contributed by atoms with E-state index in [1.807, 2.05) is 24.3 Å². The van der Waals surface area contributed by atoms with E-state index in [9.17, 15) is 4.39 Å². The van der Waals surface area contributed by atoms with Crippen LogP contribution in [-0.4, -0.2) is 5.33 Å². The van der Waals surface area contributed by atoms with Gasteiger partial charge in [0.05, 0.1) is 12.7 Å². The smallest absolute Gasteiger partial charge is 0.128 e. The Labute approximate surface area is 125 Å². The Kier molecular flexibility index (Phi) is 5.37. The molecule has 0 saturated heterocycles. The Morgan fingerprint density at radius 2 is 1.95 bits per heavy atom. The van der Waals surface area contributed by atoms with Crippen molar-refractivity contribution < 1.29 is 9.13 Å². The summed E-state index contributed by atoms with van der Waals surface area (Å²) in [6, 6.07) is 14.1. The molecule has 0 aliphatic rings. The Bertz CT molecular complexity index is 547. The van der Waals surface area contributed by atoms with Crippen molar-refractivity contribution in [3.8, 4) is 0 Å². The maximum Gasteiger partial charge on any atom is 0.128 e. The molecule has 0 spiro atoms. The van der Waals surface area contributed by atoms with Gasteiger partial charge in [-0.1, -0.05) is 57.9 Å². The fourth-order valence-corrected chi connectivity index (χ4v) is 2.50. The molecule has 4 heteroatoms. The molecule has 1 nitrogen and oxygen atoms in total. The van der Waals surface area contributed by atoms with E-state index in [0.29, 0.717) is 15.9 Å². The van der Waals surface area contributed by atoms with E-state index in [1.54, 1.807) is 18.2 Å². The minimum atomic E-state index is -0.248. The van der Waals surface area contributed by atoms with Crippen LogP contribution in [0.4, 0.5) is 4.39 Å². The summed E-state index contributed by atoms with van der Waals surface area (Å²) < 4.78 is 19.3. The number of alkyl halides is 1. The van der Waals surface area contributed by atoms with Gasteiger partial charge in [0.2, 0.25) is 0 Å². The zero-order chi connectivity index (χ0) is 13.7. The van der Waals surface area contributed by atoms with E-state index in [2.05, 4.69) is 15.9 Å². The first kappa shape index (κ1) is 14.5. The number of hydrogen-bond donors (Lipinski definition) is 0. The molecule has 0 radical (unpaired) electrons. The number of ether oxygens (including phenoxy) is 1. The lowest BCUT2D eigenvalue weighted by Gasteiger charge is -2.16. The van der Waals surface area contributed by atoms with Gasteiger partial charge >= 0.3 is 0 Å². The average molecular weight is 344 g/mol. The first-order valence-corrected chi connectivity index (χ1v) is 7.37. The van der Waals surface area contributed by atoms with Gasteiger partial charge < -0.3 is 4.74 Å². The zero-order valence-electron chi connectivity index (χ0n) is 10.2. The predicted octanol–water partition coefficient (Wildman–Crippen LogP) is 5.13. The third-order valence-electron chi connectivity index (χ3n) is 2.76. The van der Waals surface area contributed by atoms with Crippen molar-refractivity contribution in [2.45, 2.75) is 12.7 Å². The molecule has 0 aromatic heterocycles. The lowest BCUT2D eigenvalue weighted by atomic mass is 10.1. The van der Waals surface area contributed by atoms with Gasteiger partial charge in [-0.3, -0.25) is 0 Å². The molecule has 0 heterocycles. The molecule has 2 aromatic rings. The molecule has 1 atom stereocenters. The van der Waals surface area contributed by atoms with E-state index in [1.165, 1.54) is 6.07 Å². The van der Waals surface area contributed by atoms with Crippen molar-refractivity contribution in [2.24, 2.45) is 0 Å². The normalized spacial score (nSPS) is 12.4. The Balaban J connectivity index is 2.06. The van der Waals surface area contributed by atoms with Crippen LogP contribution in [-0.2, 0) is 11.3 Å². The molecule has 0 amide bonds. The Morgan fingerprint density at radius 3 is 2.63 bits per heavy atom. The van der Waals surface area contributed by atoms with E-state index in [-0.39, 0.29) is 18.5 Å². The molecule has 0 bridgehead atoms. The molecule has 19 heavy (non-hydrogen) atoms. The minimum absolute atomic E-state index is 0.154. The molecule has 0 aliphatic carbocycles. The molecule has 0 saturated carbocycles. The van der Waals surface area contributed by atoms with Gasteiger partial charge in [-0.15, -0.1) is 0 Å². The van der Waals surface area contributed by atoms with Crippen molar-refractivity contribution in [2.75, 3.05) is 5.33 Å². The monoisotopic (exact) mass is 342 g/mol. The molecular weight excluding hydrogens is 331 g/mol. The van der Waals surface area contributed by atoms with Crippen LogP contribution in [0.15, 0.2) is 48.5 Å². The molecule has 0 aliphatic heterocycles. The highest BCUT2D eigenvalue weighted by molar-refractivity contribution is 9.09. The fraction of sp³-hybridized carbons (Fsp3) is 0.200. The quantitative estimate of drug-likeness (QED) is 0.684. The summed E-state index contributed by atoms with van der Waals surface area (Å²) in [5.41, 5.74) is 1.52. The number of hydrogen-bond acceptors (Lipinski definition) is 1. The van der Waals surface area contributed by atoms with Crippen LogP contribution in [0.3, 0.4) is 0 Å². The number of rotatable bonds is 5. The maximum absolute atomic E-state index is 13.5. The first-order chi connectivity index (χ1) is 9.20. The largest absolute Gasteiger partial charge is 0.368 e. The summed E-state index contributed by atoms with van der Waals surface area (Å²) in [7, 11) is 0. The molecular formula is C15H13BrClFO. The van der Waals surface area contributed by atoms with E-state index < -0.39 is 0 Å². The van der Waals surface area contributed by atoms with Crippen LogP contribution < -0.4 is 0 Å². The van der Waals surface area contributed by atoms with Crippen LogP contribution in [0.25, 0.3) is 0 Å². The highest BCUT2D eigenvalue weighted by Gasteiger charge is 2.12. The lowest BCUT2D eigenvalue weighted by molar-refractivity contribution is 0.0549. The average Bonchev–Trinajstić information content (AvgIpc) is 2.41. The zero-order valence-corrected chi connectivity index (χ0v) is 12.5.